The summed E-state index contributed by atoms with van der Waals surface area (Å²) in [6.45, 7) is 7.33. The Morgan fingerprint density at radius 1 is 0.973 bits per heavy atom. The van der Waals surface area contributed by atoms with Crippen molar-refractivity contribution in [2.75, 3.05) is 38.1 Å². The predicted octanol–water partition coefficient (Wildman–Crippen LogP) is 2.82. The molecule has 0 aliphatic carbocycles. The Morgan fingerprint density at radius 3 is 2.35 bits per heavy atom. The third kappa shape index (κ3) is 5.54. The number of amides is 2. The van der Waals surface area contributed by atoms with Gasteiger partial charge in [-0.1, -0.05) is 54.6 Å². The molecule has 3 aromatic rings. The van der Waals surface area contributed by atoms with Crippen molar-refractivity contribution in [3.63, 3.8) is 0 Å². The van der Waals surface area contributed by atoms with E-state index in [-0.39, 0.29) is 17.9 Å². The summed E-state index contributed by atoms with van der Waals surface area (Å²) in [4.78, 5) is 30.9. The largest absolute Gasteiger partial charge is 0.343 e. The minimum absolute atomic E-state index is 0.0597. The summed E-state index contributed by atoms with van der Waals surface area (Å²) in [7, 11) is 1.75. The first-order valence-electron chi connectivity index (χ1n) is 13.3. The maximum atomic E-state index is 13.9. The molecule has 2 aliphatic rings. The lowest BCUT2D eigenvalue weighted by Gasteiger charge is -2.28. The number of carbonyl (C=O) groups is 2. The third-order valence-corrected chi connectivity index (χ3v) is 7.73. The van der Waals surface area contributed by atoms with Gasteiger partial charge in [0.05, 0.1) is 12.6 Å². The van der Waals surface area contributed by atoms with Crippen LogP contribution in [0.1, 0.15) is 30.0 Å². The summed E-state index contributed by atoms with van der Waals surface area (Å²) < 4.78 is 0. The van der Waals surface area contributed by atoms with E-state index in [0.717, 1.165) is 56.0 Å². The molecule has 1 unspecified atom stereocenters. The number of hydrogen-bond donors (Lipinski definition) is 3. The van der Waals surface area contributed by atoms with Crippen molar-refractivity contribution in [1.82, 2.24) is 20.9 Å². The van der Waals surface area contributed by atoms with Gasteiger partial charge in [0.2, 0.25) is 11.8 Å². The molecule has 1 saturated heterocycles. The van der Waals surface area contributed by atoms with Crippen LogP contribution in [0.15, 0.2) is 60.7 Å². The number of carbonyl (C=O) groups excluding carboxylic acids is 2. The Bertz CT molecular complexity index is 1270. The van der Waals surface area contributed by atoms with Gasteiger partial charge >= 0.3 is 0 Å². The number of nitrogens with one attached hydrogen (secondary N) is 3. The molecule has 194 valence electrons. The first-order valence-corrected chi connectivity index (χ1v) is 13.3. The summed E-state index contributed by atoms with van der Waals surface area (Å²) in [6.07, 6.45) is 1.32. The van der Waals surface area contributed by atoms with E-state index in [1.54, 1.807) is 14.0 Å². The quantitative estimate of drug-likeness (QED) is 0.466. The van der Waals surface area contributed by atoms with E-state index in [1.807, 2.05) is 23.1 Å². The first kappa shape index (κ1) is 25.4. The molecule has 0 aromatic heterocycles. The highest BCUT2D eigenvalue weighted by molar-refractivity contribution is 6.01. The molecule has 1 fully saturated rings. The highest BCUT2D eigenvalue weighted by Gasteiger charge is 2.32. The smallest absolute Gasteiger partial charge is 0.249 e. The van der Waals surface area contributed by atoms with E-state index in [4.69, 9.17) is 0 Å². The second-order valence-electron chi connectivity index (χ2n) is 10.1. The monoisotopic (exact) mass is 499 g/mol. The van der Waals surface area contributed by atoms with Crippen LogP contribution in [-0.2, 0) is 29.1 Å². The molecule has 2 amide bonds. The zero-order chi connectivity index (χ0) is 25.8. The topological polar surface area (TPSA) is 76.7 Å². The molecule has 0 spiro atoms. The van der Waals surface area contributed by atoms with Gasteiger partial charge in [-0.3, -0.25) is 14.5 Å². The van der Waals surface area contributed by atoms with Crippen LogP contribution in [0.2, 0.25) is 0 Å². The van der Waals surface area contributed by atoms with Crippen LogP contribution >= 0.6 is 0 Å². The number of fused-ring (bicyclic) bond motifs is 2. The number of aryl methyl sites for hydroxylation is 1. The van der Waals surface area contributed by atoms with Crippen molar-refractivity contribution >= 4 is 28.3 Å². The van der Waals surface area contributed by atoms with E-state index in [9.17, 15) is 9.59 Å². The molecular weight excluding hydrogens is 462 g/mol. The van der Waals surface area contributed by atoms with E-state index < -0.39 is 6.04 Å². The van der Waals surface area contributed by atoms with Crippen molar-refractivity contribution in [1.29, 1.82) is 0 Å². The van der Waals surface area contributed by atoms with Crippen LogP contribution in [0.3, 0.4) is 0 Å². The molecule has 2 atom stereocenters. The van der Waals surface area contributed by atoms with E-state index in [1.165, 1.54) is 16.3 Å². The van der Waals surface area contributed by atoms with E-state index in [2.05, 4.69) is 63.3 Å². The normalized spacial score (nSPS) is 19.4. The van der Waals surface area contributed by atoms with E-state index >= 15 is 0 Å². The standard InChI is InChI=1S/C30H37N5O2/c1-21(31-2)29(36)33-27-14-13-22-7-3-4-12-28(22)35(30(27)37)20-24-9-6-10-25-23(8-5-11-26(24)25)19-34-17-15-32-16-18-34/h3-12,21,27,31-32H,13-20H2,1-2H3,(H,33,36)/t21-,27?/m0/s1. The number of hydrogen-bond acceptors (Lipinski definition) is 5. The Labute approximate surface area is 219 Å². The maximum Gasteiger partial charge on any atom is 0.249 e. The van der Waals surface area contributed by atoms with Gasteiger partial charge in [0, 0.05) is 38.4 Å². The Hall–Kier alpha value is -3.26. The zero-order valence-corrected chi connectivity index (χ0v) is 21.8. The van der Waals surface area contributed by atoms with Gasteiger partial charge in [0.15, 0.2) is 0 Å². The lowest BCUT2D eigenvalue weighted by atomic mass is 9.98. The maximum absolute atomic E-state index is 13.9. The molecule has 37 heavy (non-hydrogen) atoms. The van der Waals surface area contributed by atoms with Crippen LogP contribution in [-0.4, -0.2) is 62.0 Å². The summed E-state index contributed by atoms with van der Waals surface area (Å²) in [5.41, 5.74) is 4.49. The lowest BCUT2D eigenvalue weighted by Crippen LogP contribution is -2.52. The number of para-hydroxylation sites is 1. The number of nitrogens with zero attached hydrogens (tertiary/aromatic N) is 2. The van der Waals surface area contributed by atoms with Gasteiger partial charge in [0.1, 0.15) is 6.04 Å². The number of rotatable bonds is 7. The van der Waals surface area contributed by atoms with Crippen LogP contribution in [0, 0.1) is 0 Å². The van der Waals surface area contributed by atoms with Gasteiger partial charge < -0.3 is 20.9 Å². The second-order valence-corrected chi connectivity index (χ2v) is 10.1. The molecular formula is C30H37N5O2. The van der Waals surface area contributed by atoms with Crippen LogP contribution < -0.4 is 20.9 Å². The van der Waals surface area contributed by atoms with Crippen molar-refractivity contribution in [3.8, 4) is 0 Å². The van der Waals surface area contributed by atoms with Crippen LogP contribution in [0.5, 0.6) is 0 Å². The number of piperazine rings is 1. The molecule has 0 radical (unpaired) electrons. The number of anilines is 1. The van der Waals surface area contributed by atoms with Crippen molar-refractivity contribution in [2.24, 2.45) is 0 Å². The fourth-order valence-corrected chi connectivity index (χ4v) is 5.44. The van der Waals surface area contributed by atoms with Crippen molar-refractivity contribution in [3.05, 3.63) is 77.4 Å². The highest BCUT2D eigenvalue weighted by Crippen LogP contribution is 2.31. The lowest BCUT2D eigenvalue weighted by molar-refractivity contribution is -0.128. The molecule has 3 aromatic carbocycles. The highest BCUT2D eigenvalue weighted by atomic mass is 16.2. The SMILES string of the molecule is CN[C@@H](C)C(=O)NC1CCc2ccccc2N(Cc2cccc3c(CN4CCNCC4)cccc23)C1=O. The average molecular weight is 500 g/mol. The fourth-order valence-electron chi connectivity index (χ4n) is 5.44. The van der Waals surface area contributed by atoms with Gasteiger partial charge in [-0.25, -0.2) is 0 Å². The number of benzene rings is 3. The van der Waals surface area contributed by atoms with Crippen molar-refractivity contribution < 1.29 is 9.59 Å². The van der Waals surface area contributed by atoms with Gasteiger partial charge in [0.25, 0.3) is 0 Å². The predicted molar refractivity (Wildman–Crippen MR) is 149 cm³/mol. The average Bonchev–Trinajstić information content (AvgIpc) is 3.06. The molecule has 0 saturated carbocycles. The number of likely N-dealkylation sites (N-methyl/N-ethyl adjacent to an activating group) is 1. The molecule has 0 bridgehead atoms. The molecule has 2 heterocycles. The summed E-state index contributed by atoms with van der Waals surface area (Å²) >= 11 is 0. The van der Waals surface area contributed by atoms with Gasteiger partial charge in [-0.05, 0) is 60.3 Å². The molecule has 2 aliphatic heterocycles. The summed E-state index contributed by atoms with van der Waals surface area (Å²) in [6, 6.07) is 20.1. The third-order valence-electron chi connectivity index (χ3n) is 7.73. The molecule has 3 N–H and O–H groups in total. The van der Waals surface area contributed by atoms with Crippen LogP contribution in [0.25, 0.3) is 10.8 Å². The van der Waals surface area contributed by atoms with Crippen molar-refractivity contribution in [2.45, 2.75) is 44.9 Å². The molecule has 7 heteroatoms. The van der Waals surface area contributed by atoms with Gasteiger partial charge in [-0.2, -0.15) is 0 Å². The van der Waals surface area contributed by atoms with E-state index in [0.29, 0.717) is 13.0 Å². The Morgan fingerprint density at radius 2 is 1.65 bits per heavy atom. The second kappa shape index (κ2) is 11.4. The first-order chi connectivity index (χ1) is 18.0. The zero-order valence-electron chi connectivity index (χ0n) is 21.8. The minimum Gasteiger partial charge on any atom is -0.343 e. The molecule has 5 rings (SSSR count). The minimum atomic E-state index is -0.561. The van der Waals surface area contributed by atoms with Crippen LogP contribution in [0.4, 0.5) is 5.69 Å². The summed E-state index contributed by atoms with van der Waals surface area (Å²) in [5, 5.41) is 11.8. The van der Waals surface area contributed by atoms with Gasteiger partial charge in [-0.15, -0.1) is 0 Å². The molecule has 7 nitrogen and oxygen atoms in total. The Kier molecular flexibility index (Phi) is 7.84. The summed E-state index contributed by atoms with van der Waals surface area (Å²) in [5.74, 6) is -0.218. The fraction of sp³-hybridized carbons (Fsp3) is 0.400. The Balaban J connectivity index is 1.47.